The lowest BCUT2D eigenvalue weighted by Gasteiger charge is -2.06. The van der Waals surface area contributed by atoms with Gasteiger partial charge in [0.2, 0.25) is 0 Å². The Morgan fingerprint density at radius 1 is 1.40 bits per heavy atom. The minimum Gasteiger partial charge on any atom is -0.450 e. The fourth-order valence-electron chi connectivity index (χ4n) is 1.93. The van der Waals surface area contributed by atoms with Gasteiger partial charge in [-0.15, -0.1) is 0 Å². The Morgan fingerprint density at radius 2 is 2.20 bits per heavy atom. The lowest BCUT2D eigenvalue weighted by Crippen LogP contribution is -2.13. The summed E-state index contributed by atoms with van der Waals surface area (Å²) >= 11 is 0. The maximum absolute atomic E-state index is 11.2. The molecule has 0 bridgehead atoms. The van der Waals surface area contributed by atoms with E-state index in [2.05, 4.69) is 11.4 Å². The molecule has 80 valence electrons. The summed E-state index contributed by atoms with van der Waals surface area (Å²) in [4.78, 5) is 11.2. The van der Waals surface area contributed by atoms with E-state index in [4.69, 9.17) is 4.74 Å². The number of hydrogen-bond donors (Lipinski definition) is 1. The van der Waals surface area contributed by atoms with E-state index < -0.39 is 0 Å². The zero-order valence-electron chi connectivity index (χ0n) is 8.88. The molecule has 0 radical (unpaired) electrons. The van der Waals surface area contributed by atoms with E-state index in [-0.39, 0.29) is 6.09 Å². The highest BCUT2D eigenvalue weighted by Crippen LogP contribution is 2.24. The second kappa shape index (κ2) is 4.34. The molecule has 0 aliphatic heterocycles. The van der Waals surface area contributed by atoms with Crippen LogP contribution in [0.2, 0.25) is 0 Å². The molecule has 1 aliphatic rings. The molecule has 2 rings (SSSR count). The molecule has 1 N–H and O–H groups in total. The van der Waals surface area contributed by atoms with Crippen LogP contribution >= 0.6 is 0 Å². The van der Waals surface area contributed by atoms with Crippen molar-refractivity contribution in [1.82, 2.24) is 0 Å². The molecule has 3 nitrogen and oxygen atoms in total. The Kier molecular flexibility index (Phi) is 2.90. The van der Waals surface area contributed by atoms with E-state index in [9.17, 15) is 4.79 Å². The van der Waals surface area contributed by atoms with Crippen LogP contribution < -0.4 is 5.32 Å². The summed E-state index contributed by atoms with van der Waals surface area (Å²) in [7, 11) is 0. The summed E-state index contributed by atoms with van der Waals surface area (Å²) in [6.45, 7) is 2.19. The number of carbonyl (C=O) groups excluding carboxylic acids is 1. The first-order chi connectivity index (χ1) is 7.29. The molecule has 1 aromatic rings. The number of rotatable bonds is 2. The zero-order chi connectivity index (χ0) is 10.7. The van der Waals surface area contributed by atoms with E-state index in [1.165, 1.54) is 17.5 Å². The number of hydrogen-bond acceptors (Lipinski definition) is 2. The minimum absolute atomic E-state index is 0.379. The summed E-state index contributed by atoms with van der Waals surface area (Å²) in [6, 6.07) is 6.06. The van der Waals surface area contributed by atoms with Crippen LogP contribution in [0.5, 0.6) is 0 Å². The number of amides is 1. The molecule has 1 amide bonds. The average Bonchev–Trinajstić information content (AvgIpc) is 2.65. The van der Waals surface area contributed by atoms with Gasteiger partial charge in [-0.25, -0.2) is 4.79 Å². The first-order valence-electron chi connectivity index (χ1n) is 5.35. The molecule has 0 heterocycles. The normalized spacial score (nSPS) is 13.4. The van der Waals surface area contributed by atoms with Gasteiger partial charge in [-0.1, -0.05) is 6.07 Å². The number of fused-ring (bicyclic) bond motifs is 1. The molecule has 0 saturated heterocycles. The van der Waals surface area contributed by atoms with E-state index >= 15 is 0 Å². The van der Waals surface area contributed by atoms with Crippen LogP contribution in [0.1, 0.15) is 24.5 Å². The van der Waals surface area contributed by atoms with E-state index in [1.807, 2.05) is 12.1 Å². The van der Waals surface area contributed by atoms with Crippen molar-refractivity contribution in [3.63, 3.8) is 0 Å². The van der Waals surface area contributed by atoms with E-state index in [0.29, 0.717) is 6.61 Å². The standard InChI is InChI=1S/C12H15NO2/c1-2-15-12(14)13-11-7-6-9-4-3-5-10(9)8-11/h6-8H,2-5H2,1H3,(H,13,14). The molecular weight excluding hydrogens is 190 g/mol. The van der Waals surface area contributed by atoms with Crippen LogP contribution in [0.25, 0.3) is 0 Å². The molecule has 0 atom stereocenters. The van der Waals surface area contributed by atoms with Gasteiger partial charge in [-0.2, -0.15) is 0 Å². The molecular formula is C12H15NO2. The van der Waals surface area contributed by atoms with E-state index in [1.54, 1.807) is 6.92 Å². The van der Waals surface area contributed by atoms with Gasteiger partial charge >= 0.3 is 6.09 Å². The monoisotopic (exact) mass is 205 g/mol. The lowest BCUT2D eigenvalue weighted by atomic mass is 10.1. The van der Waals surface area contributed by atoms with Gasteiger partial charge in [-0.3, -0.25) is 5.32 Å². The van der Waals surface area contributed by atoms with Crippen molar-refractivity contribution in [2.24, 2.45) is 0 Å². The van der Waals surface area contributed by atoms with Crippen LogP contribution in [0.15, 0.2) is 18.2 Å². The van der Waals surface area contributed by atoms with Crippen LogP contribution in [0.3, 0.4) is 0 Å². The Hall–Kier alpha value is -1.51. The Bertz CT molecular complexity index is 374. The summed E-state index contributed by atoms with van der Waals surface area (Å²) in [5, 5.41) is 2.71. The van der Waals surface area contributed by atoms with Crippen LogP contribution in [-0.4, -0.2) is 12.7 Å². The Balaban J connectivity index is 2.06. The number of anilines is 1. The van der Waals surface area contributed by atoms with Crippen molar-refractivity contribution in [3.05, 3.63) is 29.3 Å². The smallest absolute Gasteiger partial charge is 0.411 e. The lowest BCUT2D eigenvalue weighted by molar-refractivity contribution is 0.168. The van der Waals surface area contributed by atoms with Gasteiger partial charge in [-0.05, 0) is 49.4 Å². The summed E-state index contributed by atoms with van der Waals surface area (Å²) in [5.74, 6) is 0. The maximum Gasteiger partial charge on any atom is 0.411 e. The van der Waals surface area contributed by atoms with Gasteiger partial charge in [0.15, 0.2) is 0 Å². The summed E-state index contributed by atoms with van der Waals surface area (Å²) < 4.78 is 4.82. The van der Waals surface area contributed by atoms with Crippen LogP contribution in [0, 0.1) is 0 Å². The predicted molar refractivity (Wildman–Crippen MR) is 59.1 cm³/mol. The quantitative estimate of drug-likeness (QED) is 0.806. The molecule has 1 aliphatic carbocycles. The molecule has 1 aromatic carbocycles. The van der Waals surface area contributed by atoms with Crippen molar-refractivity contribution in [2.45, 2.75) is 26.2 Å². The number of ether oxygens (including phenoxy) is 1. The largest absolute Gasteiger partial charge is 0.450 e. The second-order valence-electron chi connectivity index (χ2n) is 3.68. The summed E-state index contributed by atoms with van der Waals surface area (Å²) in [6.07, 6.45) is 3.12. The topological polar surface area (TPSA) is 38.3 Å². The number of nitrogens with one attached hydrogen (secondary N) is 1. The highest BCUT2D eigenvalue weighted by molar-refractivity contribution is 5.84. The van der Waals surface area contributed by atoms with Crippen molar-refractivity contribution < 1.29 is 9.53 Å². The van der Waals surface area contributed by atoms with Gasteiger partial charge in [0, 0.05) is 5.69 Å². The molecule has 3 heteroatoms. The molecule has 0 aromatic heterocycles. The predicted octanol–water partition coefficient (Wildman–Crippen LogP) is 2.74. The van der Waals surface area contributed by atoms with Gasteiger partial charge < -0.3 is 4.74 Å². The molecule has 0 saturated carbocycles. The highest BCUT2D eigenvalue weighted by atomic mass is 16.5. The molecule has 0 unspecified atom stereocenters. The minimum atomic E-state index is -0.379. The van der Waals surface area contributed by atoms with Crippen molar-refractivity contribution in [2.75, 3.05) is 11.9 Å². The molecule has 0 fully saturated rings. The summed E-state index contributed by atoms with van der Waals surface area (Å²) in [5.41, 5.74) is 3.59. The third-order valence-electron chi connectivity index (χ3n) is 2.62. The molecule has 15 heavy (non-hydrogen) atoms. The van der Waals surface area contributed by atoms with Gasteiger partial charge in [0.05, 0.1) is 6.61 Å². The first-order valence-corrected chi connectivity index (χ1v) is 5.35. The average molecular weight is 205 g/mol. The second-order valence-corrected chi connectivity index (χ2v) is 3.68. The van der Waals surface area contributed by atoms with Crippen molar-refractivity contribution >= 4 is 11.8 Å². The SMILES string of the molecule is CCOC(=O)Nc1ccc2c(c1)CCC2. The number of carbonyl (C=O) groups is 1. The third kappa shape index (κ3) is 2.29. The van der Waals surface area contributed by atoms with Crippen LogP contribution in [0.4, 0.5) is 10.5 Å². The Labute approximate surface area is 89.4 Å². The van der Waals surface area contributed by atoms with Crippen molar-refractivity contribution in [1.29, 1.82) is 0 Å². The van der Waals surface area contributed by atoms with E-state index in [0.717, 1.165) is 18.5 Å². The molecule has 0 spiro atoms. The third-order valence-corrected chi connectivity index (χ3v) is 2.62. The number of benzene rings is 1. The fourth-order valence-corrected chi connectivity index (χ4v) is 1.93. The first kappa shape index (κ1) is 10.0. The Morgan fingerprint density at radius 3 is 3.00 bits per heavy atom. The maximum atomic E-state index is 11.2. The van der Waals surface area contributed by atoms with Gasteiger partial charge in [0.25, 0.3) is 0 Å². The highest BCUT2D eigenvalue weighted by Gasteiger charge is 2.11. The zero-order valence-corrected chi connectivity index (χ0v) is 8.88. The van der Waals surface area contributed by atoms with Gasteiger partial charge in [0.1, 0.15) is 0 Å². The van der Waals surface area contributed by atoms with Crippen LogP contribution in [-0.2, 0) is 17.6 Å². The fraction of sp³-hybridized carbons (Fsp3) is 0.417. The van der Waals surface area contributed by atoms with Crippen molar-refractivity contribution in [3.8, 4) is 0 Å². The number of aryl methyl sites for hydroxylation is 2.